The van der Waals surface area contributed by atoms with Gasteiger partial charge < -0.3 is 5.73 Å². The van der Waals surface area contributed by atoms with Gasteiger partial charge in [-0.3, -0.25) is 4.79 Å². The standard InChI is InChI=1S/C8H6N3O/c9-8(12)6-3-1-2-5-4-10-11-7(5)6/h1-4H,(H2,9,12). The smallest absolute Gasteiger partial charge is 0.250 e. The molecule has 0 unspecified atom stereocenters. The van der Waals surface area contributed by atoms with Gasteiger partial charge in [-0.1, -0.05) is 12.1 Å². The number of nitrogens with zero attached hydrogens (tertiary/aromatic N) is 2. The summed E-state index contributed by atoms with van der Waals surface area (Å²) in [6.45, 7) is 0. The molecule has 1 aromatic carbocycles. The van der Waals surface area contributed by atoms with Crippen molar-refractivity contribution in [3.8, 4) is 0 Å². The first kappa shape index (κ1) is 6.84. The summed E-state index contributed by atoms with van der Waals surface area (Å²) < 4.78 is 0. The zero-order valence-electron chi connectivity index (χ0n) is 6.19. The number of carbonyl (C=O) groups is 1. The molecule has 12 heavy (non-hydrogen) atoms. The maximum atomic E-state index is 10.9. The Bertz CT molecular complexity index is 450. The fourth-order valence-corrected chi connectivity index (χ4v) is 1.12. The Hall–Kier alpha value is -1.84. The second-order valence-corrected chi connectivity index (χ2v) is 2.45. The molecular formula is C8H6N3O. The molecule has 0 aliphatic carbocycles. The zero-order valence-corrected chi connectivity index (χ0v) is 6.19. The van der Waals surface area contributed by atoms with E-state index in [4.69, 9.17) is 5.73 Å². The monoisotopic (exact) mass is 160 g/mol. The summed E-state index contributed by atoms with van der Waals surface area (Å²) in [5.74, 6) is -0.471. The Morgan fingerprint density at radius 2 is 2.25 bits per heavy atom. The molecule has 1 aromatic rings. The van der Waals surface area contributed by atoms with Gasteiger partial charge in [0.2, 0.25) is 0 Å². The fraction of sp³-hybridized carbons (Fsp3) is 0. The average Bonchev–Trinajstić information content (AvgIpc) is 2.49. The highest BCUT2D eigenvalue weighted by Crippen LogP contribution is 1.88. The summed E-state index contributed by atoms with van der Waals surface area (Å²) >= 11 is 0. The third-order valence-electron chi connectivity index (χ3n) is 1.69. The average molecular weight is 160 g/mol. The van der Waals surface area contributed by atoms with Crippen LogP contribution in [0.15, 0.2) is 23.3 Å². The highest BCUT2D eigenvalue weighted by atomic mass is 16.1. The summed E-state index contributed by atoms with van der Waals surface area (Å²) in [5.41, 5.74) is 9.24. The molecule has 2 N–H and O–H groups in total. The van der Waals surface area contributed by atoms with Crippen LogP contribution in [0.5, 0.6) is 0 Å². The van der Waals surface area contributed by atoms with Crippen molar-refractivity contribution >= 4 is 12.1 Å². The van der Waals surface area contributed by atoms with E-state index < -0.39 is 5.91 Å². The van der Waals surface area contributed by atoms with Crippen molar-refractivity contribution in [1.29, 1.82) is 0 Å². The van der Waals surface area contributed by atoms with Crippen LogP contribution in [0.3, 0.4) is 0 Å². The van der Waals surface area contributed by atoms with E-state index in [0.29, 0.717) is 10.9 Å². The minimum absolute atomic E-state index is 0.421. The van der Waals surface area contributed by atoms with Crippen LogP contribution >= 0.6 is 0 Å². The largest absolute Gasteiger partial charge is 0.366 e. The highest BCUT2D eigenvalue weighted by molar-refractivity contribution is 5.92. The van der Waals surface area contributed by atoms with E-state index in [1.807, 2.05) is 6.07 Å². The molecule has 0 aromatic heterocycles. The second-order valence-electron chi connectivity index (χ2n) is 2.45. The van der Waals surface area contributed by atoms with Crippen molar-refractivity contribution in [2.75, 3.05) is 0 Å². The molecule has 1 radical (unpaired) electrons. The third kappa shape index (κ3) is 0.852. The van der Waals surface area contributed by atoms with E-state index in [-0.39, 0.29) is 0 Å². The molecule has 4 heteroatoms. The van der Waals surface area contributed by atoms with Gasteiger partial charge in [-0.15, -0.1) is 5.10 Å². The van der Waals surface area contributed by atoms with Gasteiger partial charge in [-0.25, -0.2) is 0 Å². The molecule has 1 amide bonds. The Morgan fingerprint density at radius 1 is 1.42 bits per heavy atom. The molecule has 2 rings (SSSR count). The van der Waals surface area contributed by atoms with Crippen molar-refractivity contribution < 1.29 is 4.79 Å². The van der Waals surface area contributed by atoms with Crippen molar-refractivity contribution in [3.05, 3.63) is 34.3 Å². The van der Waals surface area contributed by atoms with E-state index in [9.17, 15) is 4.79 Å². The zero-order chi connectivity index (χ0) is 8.55. The molecule has 0 bridgehead atoms. The molecule has 0 saturated carbocycles. The van der Waals surface area contributed by atoms with Crippen molar-refractivity contribution in [1.82, 2.24) is 5.43 Å². The van der Waals surface area contributed by atoms with Crippen LogP contribution in [0, 0.1) is 0 Å². The number of rotatable bonds is 1. The van der Waals surface area contributed by atoms with Gasteiger partial charge >= 0.3 is 0 Å². The normalized spacial score (nSPS) is 12.3. The molecule has 0 fully saturated rings. The van der Waals surface area contributed by atoms with Crippen LogP contribution in [-0.2, 0) is 0 Å². The number of nitrogens with two attached hydrogens (primary N) is 1. The predicted octanol–water partition coefficient (Wildman–Crippen LogP) is -1.32. The fourth-order valence-electron chi connectivity index (χ4n) is 1.12. The number of fused-ring (bicyclic) bond motifs is 1. The Labute approximate surface area is 68.4 Å². The highest BCUT2D eigenvalue weighted by Gasteiger charge is 2.06. The van der Waals surface area contributed by atoms with Gasteiger partial charge in [0.1, 0.15) is 5.36 Å². The van der Waals surface area contributed by atoms with Gasteiger partial charge in [0.05, 0.1) is 11.8 Å². The maximum absolute atomic E-state index is 10.9. The number of carbonyl (C=O) groups excluding carboxylic acids is 1. The molecule has 0 spiro atoms. The second kappa shape index (κ2) is 2.34. The van der Waals surface area contributed by atoms with Gasteiger partial charge in [-0.2, -0.15) is 5.43 Å². The SMILES string of the molecule is NC(=O)c1cccc2c1=N[N]C=2. The molecule has 1 heterocycles. The summed E-state index contributed by atoms with van der Waals surface area (Å²) in [7, 11) is 0. The molecule has 1 aliphatic rings. The Balaban J connectivity index is 2.84. The summed E-state index contributed by atoms with van der Waals surface area (Å²) in [5, 5.41) is 5.20. The quantitative estimate of drug-likeness (QED) is 0.543. The van der Waals surface area contributed by atoms with E-state index in [2.05, 4.69) is 10.5 Å². The molecular weight excluding hydrogens is 154 g/mol. The van der Waals surface area contributed by atoms with Gasteiger partial charge in [0.25, 0.3) is 5.91 Å². The Morgan fingerprint density at radius 3 is 3.00 bits per heavy atom. The van der Waals surface area contributed by atoms with E-state index in [1.165, 1.54) is 0 Å². The van der Waals surface area contributed by atoms with E-state index in [1.54, 1.807) is 18.3 Å². The first-order valence-electron chi connectivity index (χ1n) is 3.46. The van der Waals surface area contributed by atoms with Crippen molar-refractivity contribution in [2.24, 2.45) is 10.8 Å². The van der Waals surface area contributed by atoms with E-state index in [0.717, 1.165) is 5.22 Å². The Kier molecular flexibility index (Phi) is 1.33. The van der Waals surface area contributed by atoms with Crippen LogP contribution in [0.2, 0.25) is 0 Å². The minimum Gasteiger partial charge on any atom is -0.366 e. The predicted molar refractivity (Wildman–Crippen MR) is 42.3 cm³/mol. The van der Waals surface area contributed by atoms with Gasteiger partial charge in [-0.05, 0) is 6.07 Å². The van der Waals surface area contributed by atoms with Crippen LogP contribution < -0.4 is 21.7 Å². The molecule has 0 saturated heterocycles. The first-order chi connectivity index (χ1) is 5.79. The number of amides is 1. The number of hydrogen-bond acceptors (Lipinski definition) is 2. The summed E-state index contributed by atoms with van der Waals surface area (Å²) in [4.78, 5) is 10.9. The van der Waals surface area contributed by atoms with Crippen molar-refractivity contribution in [2.45, 2.75) is 0 Å². The lowest BCUT2D eigenvalue weighted by Crippen LogP contribution is -2.31. The van der Waals surface area contributed by atoms with Gasteiger partial charge in [0.15, 0.2) is 0 Å². The lowest BCUT2D eigenvalue weighted by molar-refractivity contribution is 0.0999. The molecule has 4 nitrogen and oxygen atoms in total. The molecule has 59 valence electrons. The van der Waals surface area contributed by atoms with Crippen LogP contribution in [0.4, 0.5) is 0 Å². The molecule has 0 atom stereocenters. The van der Waals surface area contributed by atoms with Crippen molar-refractivity contribution in [3.63, 3.8) is 0 Å². The van der Waals surface area contributed by atoms with Crippen LogP contribution in [-0.4, -0.2) is 5.91 Å². The van der Waals surface area contributed by atoms with E-state index >= 15 is 0 Å². The number of benzene rings is 1. The number of hydrogen-bond donors (Lipinski definition) is 1. The lowest BCUT2D eigenvalue weighted by Gasteiger charge is -1.91. The minimum atomic E-state index is -0.471. The number of primary amides is 1. The topological polar surface area (TPSA) is 69.6 Å². The lowest BCUT2D eigenvalue weighted by atomic mass is 10.2. The van der Waals surface area contributed by atoms with Crippen LogP contribution in [0.25, 0.3) is 6.20 Å². The summed E-state index contributed by atoms with van der Waals surface area (Å²) in [6.07, 6.45) is 1.60. The van der Waals surface area contributed by atoms with Crippen LogP contribution in [0.1, 0.15) is 10.4 Å². The first-order valence-corrected chi connectivity index (χ1v) is 3.46. The maximum Gasteiger partial charge on any atom is 0.250 e. The molecule has 1 aliphatic heterocycles. The summed E-state index contributed by atoms with van der Waals surface area (Å²) in [6, 6.07) is 5.23. The van der Waals surface area contributed by atoms with Gasteiger partial charge in [0, 0.05) is 5.22 Å². The third-order valence-corrected chi connectivity index (χ3v) is 1.69.